The van der Waals surface area contributed by atoms with E-state index in [0.29, 0.717) is 11.5 Å². The first-order valence-electron chi connectivity index (χ1n) is 5.70. The topological polar surface area (TPSA) is 26.0 Å². The molecule has 2 rings (SSSR count). The van der Waals surface area contributed by atoms with Crippen molar-refractivity contribution in [1.82, 2.24) is 0 Å². The Morgan fingerprint density at radius 1 is 1.31 bits per heavy atom. The molecule has 3 heteroatoms. The van der Waals surface area contributed by atoms with Gasteiger partial charge in [0.05, 0.1) is 0 Å². The van der Waals surface area contributed by atoms with Gasteiger partial charge >= 0.3 is 0 Å². The molecular weight excluding hydrogens is 225 g/mol. The van der Waals surface area contributed by atoms with E-state index in [1.807, 2.05) is 12.1 Å². The molecule has 1 saturated carbocycles. The van der Waals surface area contributed by atoms with E-state index in [9.17, 15) is 4.39 Å². The van der Waals surface area contributed by atoms with Crippen LogP contribution in [0.4, 0.5) is 4.39 Å². The summed E-state index contributed by atoms with van der Waals surface area (Å²) in [4.78, 5) is 0. The first-order chi connectivity index (χ1) is 7.18. The summed E-state index contributed by atoms with van der Waals surface area (Å²) in [5, 5.41) is 0. The third-order valence-electron chi connectivity index (χ3n) is 3.47. The van der Waals surface area contributed by atoms with Crippen LogP contribution in [0.25, 0.3) is 0 Å². The minimum Gasteiger partial charge on any atom is -0.324 e. The van der Waals surface area contributed by atoms with Gasteiger partial charge in [-0.3, -0.25) is 0 Å². The van der Waals surface area contributed by atoms with Gasteiger partial charge in [-0.25, -0.2) is 4.39 Å². The largest absolute Gasteiger partial charge is 0.324 e. The highest BCUT2D eigenvalue weighted by Gasteiger charge is 2.23. The summed E-state index contributed by atoms with van der Waals surface area (Å²) < 4.78 is 13.1. The maximum absolute atomic E-state index is 13.1. The fourth-order valence-corrected chi connectivity index (χ4v) is 2.46. The zero-order valence-corrected chi connectivity index (χ0v) is 10.4. The molecule has 1 aromatic carbocycles. The Morgan fingerprint density at radius 3 is 2.50 bits per heavy atom. The van der Waals surface area contributed by atoms with Crippen LogP contribution in [0.3, 0.4) is 0 Å². The Hall–Kier alpha value is -0.600. The number of benzene rings is 1. The van der Waals surface area contributed by atoms with Crippen LogP contribution in [0.1, 0.15) is 42.9 Å². The van der Waals surface area contributed by atoms with Crippen molar-refractivity contribution >= 4 is 12.4 Å². The molecular formula is C13H19ClFN. The highest BCUT2D eigenvalue weighted by Crippen LogP contribution is 2.34. The Kier molecular flexibility index (Phi) is 4.75. The summed E-state index contributed by atoms with van der Waals surface area (Å²) in [5.41, 5.74) is 7.98. The van der Waals surface area contributed by atoms with Gasteiger partial charge in [-0.15, -0.1) is 12.4 Å². The zero-order chi connectivity index (χ0) is 10.8. The number of rotatable bonds is 2. The molecule has 0 amide bonds. The molecule has 0 spiro atoms. The first kappa shape index (κ1) is 13.5. The summed E-state index contributed by atoms with van der Waals surface area (Å²) in [6, 6.07) is 5.33. The van der Waals surface area contributed by atoms with Gasteiger partial charge in [0.1, 0.15) is 5.82 Å². The third kappa shape index (κ3) is 2.74. The summed E-state index contributed by atoms with van der Waals surface area (Å²) in [5.74, 6) is 0.451. The van der Waals surface area contributed by atoms with Gasteiger partial charge in [0.15, 0.2) is 0 Å². The molecule has 0 aromatic heterocycles. The number of halogens is 2. The Morgan fingerprint density at radius 2 is 1.94 bits per heavy atom. The number of hydrogen-bond donors (Lipinski definition) is 1. The quantitative estimate of drug-likeness (QED) is 0.841. The Balaban J connectivity index is 0.00000128. The molecule has 1 atom stereocenters. The van der Waals surface area contributed by atoms with Crippen molar-refractivity contribution < 1.29 is 4.39 Å². The summed E-state index contributed by atoms with van der Waals surface area (Å²) >= 11 is 0. The van der Waals surface area contributed by atoms with Crippen LogP contribution in [0, 0.1) is 18.7 Å². The number of aryl methyl sites for hydroxylation is 1. The van der Waals surface area contributed by atoms with Crippen LogP contribution in [-0.4, -0.2) is 0 Å². The van der Waals surface area contributed by atoms with Crippen molar-refractivity contribution in [3.05, 3.63) is 35.1 Å². The van der Waals surface area contributed by atoms with Gasteiger partial charge in [0.2, 0.25) is 0 Å². The first-order valence-corrected chi connectivity index (χ1v) is 5.70. The minimum atomic E-state index is -0.141. The summed E-state index contributed by atoms with van der Waals surface area (Å²) in [7, 11) is 0. The maximum Gasteiger partial charge on any atom is 0.126 e. The molecule has 0 unspecified atom stereocenters. The Bertz CT molecular complexity index is 348. The average molecular weight is 244 g/mol. The lowest BCUT2D eigenvalue weighted by atomic mass is 9.92. The SMILES string of the molecule is Cc1cc([C@H](N)C2CCCC2)ccc1F.Cl. The zero-order valence-electron chi connectivity index (χ0n) is 9.58. The normalized spacial score (nSPS) is 18.2. The van der Waals surface area contributed by atoms with Crippen molar-refractivity contribution in [2.24, 2.45) is 11.7 Å². The lowest BCUT2D eigenvalue weighted by molar-refractivity contribution is 0.444. The summed E-state index contributed by atoms with van der Waals surface area (Å²) in [6.45, 7) is 1.79. The summed E-state index contributed by atoms with van der Waals surface area (Å²) in [6.07, 6.45) is 5.02. The molecule has 0 aliphatic heterocycles. The van der Waals surface area contributed by atoms with E-state index in [0.717, 1.165) is 5.56 Å². The second-order valence-electron chi connectivity index (χ2n) is 4.58. The standard InChI is InChI=1S/C13H18FN.ClH/c1-9-8-11(6-7-12(9)14)13(15)10-4-2-3-5-10;/h6-8,10,13H,2-5,15H2,1H3;1H/t13-;/m1./s1. The van der Waals surface area contributed by atoms with Gasteiger partial charge in [-0.1, -0.05) is 25.0 Å². The van der Waals surface area contributed by atoms with Gasteiger partial charge in [0, 0.05) is 6.04 Å². The van der Waals surface area contributed by atoms with E-state index in [4.69, 9.17) is 5.73 Å². The minimum absolute atomic E-state index is 0. The molecule has 1 aliphatic rings. The van der Waals surface area contributed by atoms with Crippen molar-refractivity contribution in [2.45, 2.75) is 38.6 Å². The molecule has 1 fully saturated rings. The molecule has 0 radical (unpaired) electrons. The second-order valence-corrected chi connectivity index (χ2v) is 4.58. The molecule has 1 aliphatic carbocycles. The molecule has 0 saturated heterocycles. The lowest BCUT2D eigenvalue weighted by Gasteiger charge is -2.19. The van der Waals surface area contributed by atoms with E-state index in [-0.39, 0.29) is 24.3 Å². The van der Waals surface area contributed by atoms with Crippen molar-refractivity contribution in [2.75, 3.05) is 0 Å². The molecule has 0 bridgehead atoms. The molecule has 1 aromatic rings. The van der Waals surface area contributed by atoms with Gasteiger partial charge in [-0.05, 0) is 42.9 Å². The third-order valence-corrected chi connectivity index (χ3v) is 3.47. The second kappa shape index (κ2) is 5.65. The van der Waals surface area contributed by atoms with Crippen molar-refractivity contribution in [3.63, 3.8) is 0 Å². The average Bonchev–Trinajstić information content (AvgIpc) is 2.74. The smallest absolute Gasteiger partial charge is 0.126 e. The van der Waals surface area contributed by atoms with Crippen molar-refractivity contribution in [3.8, 4) is 0 Å². The molecule has 1 nitrogen and oxygen atoms in total. The van der Waals surface area contributed by atoms with Gasteiger partial charge in [-0.2, -0.15) is 0 Å². The molecule has 90 valence electrons. The fraction of sp³-hybridized carbons (Fsp3) is 0.538. The number of nitrogens with two attached hydrogens (primary N) is 1. The maximum atomic E-state index is 13.1. The monoisotopic (exact) mass is 243 g/mol. The highest BCUT2D eigenvalue weighted by atomic mass is 35.5. The van der Waals surface area contributed by atoms with Crippen LogP contribution in [0.2, 0.25) is 0 Å². The van der Waals surface area contributed by atoms with E-state index in [1.54, 1.807) is 6.92 Å². The predicted molar refractivity (Wildman–Crippen MR) is 67.3 cm³/mol. The van der Waals surface area contributed by atoms with Crippen LogP contribution in [0.15, 0.2) is 18.2 Å². The highest BCUT2D eigenvalue weighted by molar-refractivity contribution is 5.85. The van der Waals surface area contributed by atoms with E-state index >= 15 is 0 Å². The number of hydrogen-bond acceptors (Lipinski definition) is 1. The molecule has 16 heavy (non-hydrogen) atoms. The van der Waals surface area contributed by atoms with E-state index in [1.165, 1.54) is 31.7 Å². The fourth-order valence-electron chi connectivity index (χ4n) is 2.46. The predicted octanol–water partition coefficient (Wildman–Crippen LogP) is 3.75. The van der Waals surface area contributed by atoms with E-state index < -0.39 is 0 Å². The lowest BCUT2D eigenvalue weighted by Crippen LogP contribution is -2.19. The van der Waals surface area contributed by atoms with Crippen LogP contribution in [-0.2, 0) is 0 Å². The van der Waals surface area contributed by atoms with E-state index in [2.05, 4.69) is 0 Å². The van der Waals surface area contributed by atoms with Crippen LogP contribution >= 0.6 is 12.4 Å². The van der Waals surface area contributed by atoms with Gasteiger partial charge < -0.3 is 5.73 Å². The Labute approximate surface area is 103 Å². The van der Waals surface area contributed by atoms with Gasteiger partial charge in [0.25, 0.3) is 0 Å². The molecule has 0 heterocycles. The van der Waals surface area contributed by atoms with Crippen LogP contribution < -0.4 is 5.73 Å². The van der Waals surface area contributed by atoms with Crippen molar-refractivity contribution in [1.29, 1.82) is 0 Å². The van der Waals surface area contributed by atoms with Crippen LogP contribution in [0.5, 0.6) is 0 Å². The molecule has 2 N–H and O–H groups in total.